The number of Topliss-reactive ketones (excluding diaryl/α,β-unsaturated/α-hetero) is 1. The summed E-state index contributed by atoms with van der Waals surface area (Å²) in [5.74, 6) is -0.0761. The minimum Gasteiger partial charge on any atom is -0.299 e. The molecule has 0 spiro atoms. The molecular formula is C13H16ClFO. The lowest BCUT2D eigenvalue weighted by Crippen LogP contribution is -2.07. The smallest absolute Gasteiger partial charge is 0.144 e. The molecule has 3 heteroatoms. The van der Waals surface area contributed by atoms with Crippen LogP contribution in [0.15, 0.2) is 18.2 Å². The average molecular weight is 243 g/mol. The first-order chi connectivity index (χ1) is 7.52. The maximum absolute atomic E-state index is 13.5. The Morgan fingerprint density at radius 3 is 2.75 bits per heavy atom. The summed E-state index contributed by atoms with van der Waals surface area (Å²) >= 11 is 5.66. The minimum absolute atomic E-state index is 0.0595. The van der Waals surface area contributed by atoms with Crippen LogP contribution in [-0.4, -0.2) is 5.78 Å². The molecule has 0 saturated heterocycles. The van der Waals surface area contributed by atoms with E-state index in [0.717, 1.165) is 0 Å². The van der Waals surface area contributed by atoms with Gasteiger partial charge in [0.25, 0.3) is 0 Å². The number of benzene rings is 1. The van der Waals surface area contributed by atoms with Gasteiger partial charge < -0.3 is 0 Å². The maximum atomic E-state index is 13.5. The molecule has 0 aliphatic carbocycles. The molecule has 0 atom stereocenters. The van der Waals surface area contributed by atoms with Gasteiger partial charge in [-0.25, -0.2) is 4.39 Å². The van der Waals surface area contributed by atoms with Crippen molar-refractivity contribution in [3.8, 4) is 0 Å². The largest absolute Gasteiger partial charge is 0.299 e. The van der Waals surface area contributed by atoms with Crippen LogP contribution < -0.4 is 0 Å². The van der Waals surface area contributed by atoms with Gasteiger partial charge in [0.15, 0.2) is 0 Å². The predicted octanol–water partition coefficient (Wildman–Crippen LogP) is 4.03. The van der Waals surface area contributed by atoms with Crippen molar-refractivity contribution >= 4 is 17.4 Å². The van der Waals surface area contributed by atoms with Crippen LogP contribution in [0.4, 0.5) is 4.39 Å². The molecule has 0 radical (unpaired) electrons. The zero-order chi connectivity index (χ0) is 12.1. The third kappa shape index (κ3) is 3.60. The van der Waals surface area contributed by atoms with Crippen LogP contribution in [0.25, 0.3) is 0 Å². The number of carbonyl (C=O) groups is 1. The number of carbonyl (C=O) groups excluding carboxylic acids is 1. The first-order valence-electron chi connectivity index (χ1n) is 5.48. The highest BCUT2D eigenvalue weighted by atomic mass is 35.5. The molecule has 0 fully saturated rings. The van der Waals surface area contributed by atoms with Crippen LogP contribution in [0.2, 0.25) is 5.02 Å². The van der Waals surface area contributed by atoms with Crippen LogP contribution in [0.3, 0.4) is 0 Å². The van der Waals surface area contributed by atoms with E-state index < -0.39 is 0 Å². The van der Waals surface area contributed by atoms with Crippen LogP contribution in [0, 0.1) is 11.7 Å². The molecule has 1 rings (SSSR count). The van der Waals surface area contributed by atoms with Crippen molar-refractivity contribution in [3.63, 3.8) is 0 Å². The van der Waals surface area contributed by atoms with Gasteiger partial charge in [0.2, 0.25) is 0 Å². The monoisotopic (exact) mass is 242 g/mol. The third-order valence-electron chi connectivity index (χ3n) is 2.54. The summed E-state index contributed by atoms with van der Waals surface area (Å²) in [5.41, 5.74) is 0.587. The van der Waals surface area contributed by atoms with Crippen molar-refractivity contribution in [1.82, 2.24) is 0 Å². The molecule has 0 bridgehead atoms. The first-order valence-corrected chi connectivity index (χ1v) is 5.85. The van der Waals surface area contributed by atoms with Crippen LogP contribution in [-0.2, 0) is 11.2 Å². The van der Waals surface area contributed by atoms with Gasteiger partial charge in [-0.05, 0) is 24.5 Å². The molecule has 16 heavy (non-hydrogen) atoms. The van der Waals surface area contributed by atoms with Crippen LogP contribution in [0.5, 0.6) is 0 Å². The Bertz CT molecular complexity index is 374. The quantitative estimate of drug-likeness (QED) is 0.762. The molecule has 0 aromatic heterocycles. The van der Waals surface area contributed by atoms with E-state index in [4.69, 9.17) is 11.6 Å². The van der Waals surface area contributed by atoms with Gasteiger partial charge in [-0.3, -0.25) is 4.79 Å². The van der Waals surface area contributed by atoms with Crippen molar-refractivity contribution in [3.05, 3.63) is 34.6 Å². The maximum Gasteiger partial charge on any atom is 0.144 e. The Balaban J connectivity index is 2.49. The fourth-order valence-electron chi connectivity index (χ4n) is 1.48. The van der Waals surface area contributed by atoms with E-state index in [0.29, 0.717) is 24.8 Å². The summed E-state index contributed by atoms with van der Waals surface area (Å²) < 4.78 is 13.5. The zero-order valence-electron chi connectivity index (χ0n) is 9.59. The van der Waals surface area contributed by atoms with Gasteiger partial charge in [-0.2, -0.15) is 0 Å². The summed E-state index contributed by atoms with van der Waals surface area (Å²) in [6, 6.07) is 4.96. The molecular weight excluding hydrogens is 227 g/mol. The fraction of sp³-hybridized carbons (Fsp3) is 0.462. The van der Waals surface area contributed by atoms with E-state index in [1.807, 2.05) is 13.8 Å². The van der Waals surface area contributed by atoms with Gasteiger partial charge in [-0.1, -0.05) is 37.6 Å². The van der Waals surface area contributed by atoms with E-state index >= 15 is 0 Å². The van der Waals surface area contributed by atoms with E-state index in [2.05, 4.69) is 0 Å². The Morgan fingerprint density at radius 2 is 2.12 bits per heavy atom. The SMILES string of the molecule is CC(C)C(=O)CCCc1cccc(Cl)c1F. The van der Waals surface area contributed by atoms with Crippen molar-refractivity contribution in [1.29, 1.82) is 0 Å². The van der Waals surface area contributed by atoms with Gasteiger partial charge in [0.1, 0.15) is 11.6 Å². The molecule has 0 saturated carbocycles. The van der Waals surface area contributed by atoms with E-state index in [1.165, 1.54) is 6.07 Å². The standard InChI is InChI=1S/C13H16ClFO/c1-9(2)12(16)8-4-6-10-5-3-7-11(14)13(10)15/h3,5,7,9H,4,6,8H2,1-2H3. The summed E-state index contributed by atoms with van der Waals surface area (Å²) in [6.07, 6.45) is 1.74. The summed E-state index contributed by atoms with van der Waals surface area (Å²) in [4.78, 5) is 11.4. The highest BCUT2D eigenvalue weighted by molar-refractivity contribution is 6.30. The van der Waals surface area contributed by atoms with Crippen molar-refractivity contribution in [2.45, 2.75) is 33.1 Å². The lowest BCUT2D eigenvalue weighted by atomic mass is 10.0. The number of aryl methyl sites for hydroxylation is 1. The fourth-order valence-corrected chi connectivity index (χ4v) is 1.68. The van der Waals surface area contributed by atoms with E-state index in [9.17, 15) is 9.18 Å². The topological polar surface area (TPSA) is 17.1 Å². The van der Waals surface area contributed by atoms with E-state index in [-0.39, 0.29) is 22.5 Å². The summed E-state index contributed by atoms with van der Waals surface area (Å²) in [6.45, 7) is 3.75. The molecule has 1 aromatic rings. The summed E-state index contributed by atoms with van der Waals surface area (Å²) in [5, 5.41) is 0.146. The molecule has 0 aliphatic rings. The highest BCUT2D eigenvalue weighted by Gasteiger charge is 2.09. The van der Waals surface area contributed by atoms with Gasteiger partial charge in [-0.15, -0.1) is 0 Å². The van der Waals surface area contributed by atoms with Crippen molar-refractivity contribution < 1.29 is 9.18 Å². The number of hydrogen-bond acceptors (Lipinski definition) is 1. The Hall–Kier alpha value is -0.890. The second kappa shape index (κ2) is 6.00. The average Bonchev–Trinajstić information content (AvgIpc) is 2.24. The minimum atomic E-state index is -0.360. The Kier molecular flexibility index (Phi) is 4.94. The molecule has 0 unspecified atom stereocenters. The van der Waals surface area contributed by atoms with Gasteiger partial charge in [0, 0.05) is 12.3 Å². The third-order valence-corrected chi connectivity index (χ3v) is 2.84. The van der Waals surface area contributed by atoms with Crippen LogP contribution in [0.1, 0.15) is 32.3 Å². The number of rotatable bonds is 5. The Labute approximate surface area is 101 Å². The van der Waals surface area contributed by atoms with Crippen molar-refractivity contribution in [2.75, 3.05) is 0 Å². The van der Waals surface area contributed by atoms with E-state index in [1.54, 1.807) is 12.1 Å². The second-order valence-corrected chi connectivity index (χ2v) is 4.59. The second-order valence-electron chi connectivity index (χ2n) is 4.19. The molecule has 1 aromatic carbocycles. The Morgan fingerprint density at radius 1 is 1.44 bits per heavy atom. The summed E-state index contributed by atoms with van der Waals surface area (Å²) in [7, 11) is 0. The predicted molar refractivity (Wildman–Crippen MR) is 64.2 cm³/mol. The molecule has 0 aliphatic heterocycles. The van der Waals surface area contributed by atoms with Crippen molar-refractivity contribution in [2.24, 2.45) is 5.92 Å². The lowest BCUT2D eigenvalue weighted by Gasteiger charge is -2.05. The molecule has 1 nitrogen and oxygen atoms in total. The molecule has 88 valence electrons. The molecule has 0 N–H and O–H groups in total. The normalized spacial score (nSPS) is 10.8. The van der Waals surface area contributed by atoms with Crippen LogP contribution >= 0.6 is 11.6 Å². The highest BCUT2D eigenvalue weighted by Crippen LogP contribution is 2.19. The number of halogens is 2. The van der Waals surface area contributed by atoms with Gasteiger partial charge >= 0.3 is 0 Å². The zero-order valence-corrected chi connectivity index (χ0v) is 10.4. The number of hydrogen-bond donors (Lipinski definition) is 0. The first kappa shape index (κ1) is 13.2. The molecule has 0 amide bonds. The molecule has 0 heterocycles. The number of ketones is 1. The lowest BCUT2D eigenvalue weighted by molar-refractivity contribution is -0.121. The van der Waals surface area contributed by atoms with Gasteiger partial charge in [0.05, 0.1) is 5.02 Å².